The second kappa shape index (κ2) is 8.38. The van der Waals surface area contributed by atoms with Gasteiger partial charge in [-0.15, -0.1) is 12.4 Å². The summed E-state index contributed by atoms with van der Waals surface area (Å²) in [6, 6.07) is 4.77. The lowest BCUT2D eigenvalue weighted by molar-refractivity contribution is -0.137. The number of nitrogens with one attached hydrogen (secondary N) is 2. The number of rotatable bonds is 4. The molecule has 0 bridgehead atoms. The summed E-state index contributed by atoms with van der Waals surface area (Å²) < 4.78 is 44.0. The molecule has 1 aliphatic heterocycles. The van der Waals surface area contributed by atoms with E-state index in [4.69, 9.17) is 4.74 Å². The predicted octanol–water partition coefficient (Wildman–Crippen LogP) is 2.90. The molecule has 0 aliphatic carbocycles. The Morgan fingerprint density at radius 1 is 1.32 bits per heavy atom. The van der Waals surface area contributed by atoms with Crippen molar-refractivity contribution in [1.29, 1.82) is 0 Å². The number of ether oxygens (including phenoxy) is 1. The summed E-state index contributed by atoms with van der Waals surface area (Å²) in [5.74, 6) is -0.206. The van der Waals surface area contributed by atoms with Crippen molar-refractivity contribution < 1.29 is 22.7 Å². The Labute approximate surface area is 151 Å². The smallest absolute Gasteiger partial charge is 0.375 e. The zero-order valence-corrected chi connectivity index (χ0v) is 15.3. The van der Waals surface area contributed by atoms with Crippen LogP contribution in [0.2, 0.25) is 0 Å². The summed E-state index contributed by atoms with van der Waals surface area (Å²) in [5.41, 5.74) is -0.788. The van der Waals surface area contributed by atoms with Crippen LogP contribution < -0.4 is 10.6 Å². The third-order valence-corrected chi connectivity index (χ3v) is 4.27. The quantitative estimate of drug-likeness (QED) is 0.844. The molecule has 0 unspecified atom stereocenters. The Morgan fingerprint density at radius 2 is 1.96 bits per heavy atom. The van der Waals surface area contributed by atoms with E-state index in [1.807, 2.05) is 6.92 Å². The highest BCUT2D eigenvalue weighted by Crippen LogP contribution is 2.32. The van der Waals surface area contributed by atoms with Crippen molar-refractivity contribution in [1.82, 2.24) is 10.6 Å². The molecule has 1 aromatic rings. The molecule has 1 aliphatic rings. The van der Waals surface area contributed by atoms with E-state index in [1.54, 1.807) is 19.9 Å². The lowest BCUT2D eigenvalue weighted by Crippen LogP contribution is -2.56. The van der Waals surface area contributed by atoms with Crippen molar-refractivity contribution in [2.45, 2.75) is 44.5 Å². The summed E-state index contributed by atoms with van der Waals surface area (Å²) in [5, 5.41) is 5.90. The van der Waals surface area contributed by atoms with Gasteiger partial charge in [-0.2, -0.15) is 13.2 Å². The number of morpholine rings is 1. The zero-order chi connectivity index (χ0) is 18.0. The largest absolute Gasteiger partial charge is 0.416 e. The maximum absolute atomic E-state index is 12.9. The molecule has 0 radical (unpaired) electrons. The fraction of sp³-hybridized carbons (Fsp3) is 0.588. The van der Waals surface area contributed by atoms with Gasteiger partial charge in [0.2, 0.25) is 5.91 Å². The van der Waals surface area contributed by atoms with E-state index in [0.29, 0.717) is 18.7 Å². The standard InChI is InChI=1S/C17H23F3N2O2.ClH/c1-11-14(21-7-8-24-11)15(23)22-10-16(2,3)12-5-4-6-13(9-12)17(18,19)20;/h4-6,9,11,14,21H,7-8,10H2,1-3H3,(H,22,23);1H/t11-,14+;/m1./s1. The van der Waals surface area contributed by atoms with E-state index in [2.05, 4.69) is 10.6 Å². The molecule has 1 heterocycles. The Bertz CT molecular complexity index is 594. The van der Waals surface area contributed by atoms with Gasteiger partial charge in [-0.25, -0.2) is 0 Å². The van der Waals surface area contributed by atoms with Crippen LogP contribution in [0.15, 0.2) is 24.3 Å². The summed E-state index contributed by atoms with van der Waals surface area (Å²) in [6.07, 6.45) is -4.62. The molecule has 2 atom stereocenters. The van der Waals surface area contributed by atoms with Crippen LogP contribution >= 0.6 is 12.4 Å². The molecular formula is C17H24ClF3N2O2. The molecule has 0 spiro atoms. The molecule has 2 N–H and O–H groups in total. The van der Waals surface area contributed by atoms with Crippen molar-refractivity contribution in [2.24, 2.45) is 0 Å². The predicted molar refractivity (Wildman–Crippen MR) is 91.9 cm³/mol. The number of hydrogen-bond acceptors (Lipinski definition) is 3. The van der Waals surface area contributed by atoms with E-state index in [9.17, 15) is 18.0 Å². The molecule has 4 nitrogen and oxygen atoms in total. The number of carbonyl (C=O) groups is 1. The fourth-order valence-corrected chi connectivity index (χ4v) is 2.66. The molecule has 0 aromatic heterocycles. The van der Waals surface area contributed by atoms with Crippen molar-refractivity contribution in [2.75, 3.05) is 19.7 Å². The molecule has 142 valence electrons. The maximum atomic E-state index is 12.9. The van der Waals surface area contributed by atoms with Crippen LogP contribution in [0.5, 0.6) is 0 Å². The zero-order valence-electron chi connectivity index (χ0n) is 14.4. The number of amides is 1. The van der Waals surface area contributed by atoms with Crippen LogP contribution in [0, 0.1) is 0 Å². The molecule has 8 heteroatoms. The number of alkyl halides is 3. The van der Waals surface area contributed by atoms with Crippen LogP contribution in [0.25, 0.3) is 0 Å². The lowest BCUT2D eigenvalue weighted by Gasteiger charge is -2.31. The summed E-state index contributed by atoms with van der Waals surface area (Å²) in [4.78, 5) is 12.3. The summed E-state index contributed by atoms with van der Waals surface area (Å²) in [6.45, 7) is 6.81. The molecule has 25 heavy (non-hydrogen) atoms. The van der Waals surface area contributed by atoms with Crippen LogP contribution in [0.3, 0.4) is 0 Å². The Morgan fingerprint density at radius 3 is 2.56 bits per heavy atom. The SMILES string of the molecule is C[C@H]1OCCN[C@@H]1C(=O)NCC(C)(C)c1cccc(C(F)(F)F)c1.Cl. The summed E-state index contributed by atoms with van der Waals surface area (Å²) in [7, 11) is 0. The third-order valence-electron chi connectivity index (χ3n) is 4.27. The Kier molecular flexibility index (Phi) is 7.28. The van der Waals surface area contributed by atoms with Gasteiger partial charge in [0, 0.05) is 18.5 Å². The van der Waals surface area contributed by atoms with Gasteiger partial charge in [-0.1, -0.05) is 32.0 Å². The van der Waals surface area contributed by atoms with Crippen LogP contribution in [-0.2, 0) is 21.1 Å². The first kappa shape index (κ1) is 21.7. The molecule has 1 aromatic carbocycles. The van der Waals surface area contributed by atoms with Gasteiger partial charge < -0.3 is 15.4 Å². The first-order valence-corrected chi connectivity index (χ1v) is 7.92. The van der Waals surface area contributed by atoms with Gasteiger partial charge in [0.25, 0.3) is 0 Å². The Balaban J connectivity index is 0.00000312. The van der Waals surface area contributed by atoms with Crippen molar-refractivity contribution >= 4 is 18.3 Å². The minimum atomic E-state index is -4.38. The topological polar surface area (TPSA) is 50.4 Å². The van der Waals surface area contributed by atoms with E-state index in [1.165, 1.54) is 6.07 Å². The molecule has 1 fully saturated rings. The average Bonchev–Trinajstić information content (AvgIpc) is 2.52. The van der Waals surface area contributed by atoms with Gasteiger partial charge in [0.05, 0.1) is 18.3 Å². The van der Waals surface area contributed by atoms with Crippen molar-refractivity contribution in [3.05, 3.63) is 35.4 Å². The van der Waals surface area contributed by atoms with Gasteiger partial charge >= 0.3 is 6.18 Å². The third kappa shape index (κ3) is 5.59. The number of benzene rings is 1. The molecule has 2 rings (SSSR count). The normalized spacial score (nSPS) is 21.4. The number of hydrogen-bond donors (Lipinski definition) is 2. The number of halogens is 4. The molecule has 0 saturated carbocycles. The maximum Gasteiger partial charge on any atom is 0.416 e. The minimum absolute atomic E-state index is 0. The summed E-state index contributed by atoms with van der Waals surface area (Å²) >= 11 is 0. The first-order chi connectivity index (χ1) is 11.1. The van der Waals surface area contributed by atoms with Crippen LogP contribution in [0.1, 0.15) is 31.9 Å². The molecule has 1 amide bonds. The Hall–Kier alpha value is -1.31. The highest BCUT2D eigenvalue weighted by Gasteiger charge is 2.33. The van der Waals surface area contributed by atoms with Crippen LogP contribution in [-0.4, -0.2) is 37.7 Å². The van der Waals surface area contributed by atoms with Gasteiger partial charge in [0.1, 0.15) is 6.04 Å². The van der Waals surface area contributed by atoms with Crippen LogP contribution in [0.4, 0.5) is 13.2 Å². The van der Waals surface area contributed by atoms with Gasteiger partial charge in [-0.05, 0) is 18.6 Å². The number of carbonyl (C=O) groups excluding carboxylic acids is 1. The van der Waals surface area contributed by atoms with E-state index in [-0.39, 0.29) is 31.0 Å². The highest BCUT2D eigenvalue weighted by molar-refractivity contribution is 5.85. The van der Waals surface area contributed by atoms with Crippen molar-refractivity contribution in [3.63, 3.8) is 0 Å². The molecular weight excluding hydrogens is 357 g/mol. The first-order valence-electron chi connectivity index (χ1n) is 7.92. The van der Waals surface area contributed by atoms with Gasteiger partial charge in [0.15, 0.2) is 0 Å². The average molecular weight is 381 g/mol. The van der Waals surface area contributed by atoms with E-state index in [0.717, 1.165) is 12.1 Å². The van der Waals surface area contributed by atoms with Gasteiger partial charge in [-0.3, -0.25) is 4.79 Å². The monoisotopic (exact) mass is 380 g/mol. The van der Waals surface area contributed by atoms with E-state index >= 15 is 0 Å². The highest BCUT2D eigenvalue weighted by atomic mass is 35.5. The van der Waals surface area contributed by atoms with E-state index < -0.39 is 23.2 Å². The fourth-order valence-electron chi connectivity index (χ4n) is 2.66. The minimum Gasteiger partial charge on any atom is -0.375 e. The van der Waals surface area contributed by atoms with Crippen molar-refractivity contribution in [3.8, 4) is 0 Å². The second-order valence-corrected chi connectivity index (χ2v) is 6.69. The lowest BCUT2D eigenvalue weighted by atomic mass is 9.83. The second-order valence-electron chi connectivity index (χ2n) is 6.69. The molecule has 1 saturated heterocycles.